The molecule has 0 aliphatic rings. The number of carbonyl (C=O) groups excluding carboxylic acids is 1. The monoisotopic (exact) mass is 598 g/mol. The van der Waals surface area contributed by atoms with Crippen LogP contribution < -0.4 is 14.9 Å². The average molecular weight is 600 g/mol. The number of methoxy groups -OCH3 is 1. The highest BCUT2D eigenvalue weighted by Gasteiger charge is 2.12. The van der Waals surface area contributed by atoms with Crippen LogP contribution in [0.5, 0.6) is 11.5 Å². The Kier molecular flexibility index (Phi) is 8.12. The standard InChI is InChI=1S/C22H17BrClIN2O3/c1-29-20-11-15(12-26-27-22(28)17-4-2-3-5-18(17)23)10-19(25)21(20)30-13-14-6-8-16(24)9-7-14/h2-12H,13H2,1H3,(H,27,28)/b26-12+. The van der Waals surface area contributed by atoms with Gasteiger partial charge in [-0.15, -0.1) is 0 Å². The van der Waals surface area contributed by atoms with Gasteiger partial charge in [0.15, 0.2) is 11.5 Å². The van der Waals surface area contributed by atoms with Gasteiger partial charge in [0.2, 0.25) is 0 Å². The van der Waals surface area contributed by atoms with Crippen molar-refractivity contribution in [3.8, 4) is 11.5 Å². The molecular formula is C22H17BrClIN2O3. The van der Waals surface area contributed by atoms with Crippen LogP contribution in [0.1, 0.15) is 21.5 Å². The third kappa shape index (κ3) is 5.96. The number of ether oxygens (including phenoxy) is 2. The van der Waals surface area contributed by atoms with Gasteiger partial charge in [0.25, 0.3) is 5.91 Å². The van der Waals surface area contributed by atoms with E-state index in [4.69, 9.17) is 21.1 Å². The molecule has 0 saturated carbocycles. The first-order chi connectivity index (χ1) is 14.5. The van der Waals surface area contributed by atoms with Gasteiger partial charge in [-0.05, 0) is 86.0 Å². The molecular weight excluding hydrogens is 583 g/mol. The zero-order valence-corrected chi connectivity index (χ0v) is 20.4. The Morgan fingerprint density at radius 2 is 1.93 bits per heavy atom. The van der Waals surface area contributed by atoms with E-state index in [1.54, 1.807) is 37.6 Å². The normalized spacial score (nSPS) is 10.8. The van der Waals surface area contributed by atoms with Gasteiger partial charge in [0.1, 0.15) is 6.61 Å². The van der Waals surface area contributed by atoms with Crippen molar-refractivity contribution < 1.29 is 14.3 Å². The van der Waals surface area contributed by atoms with Gasteiger partial charge in [0, 0.05) is 9.50 Å². The predicted octanol–water partition coefficient (Wildman–Crippen LogP) is 6.06. The minimum absolute atomic E-state index is 0.302. The maximum absolute atomic E-state index is 12.2. The van der Waals surface area contributed by atoms with Crippen molar-refractivity contribution in [1.29, 1.82) is 0 Å². The van der Waals surface area contributed by atoms with Crippen LogP contribution in [0.15, 0.2) is 70.2 Å². The topological polar surface area (TPSA) is 59.9 Å². The number of amides is 1. The van der Waals surface area contributed by atoms with Crippen molar-refractivity contribution in [2.45, 2.75) is 6.61 Å². The molecule has 0 radical (unpaired) electrons. The minimum atomic E-state index is -0.302. The number of hydrazone groups is 1. The molecule has 154 valence electrons. The first-order valence-electron chi connectivity index (χ1n) is 8.80. The van der Waals surface area contributed by atoms with Crippen molar-refractivity contribution in [3.63, 3.8) is 0 Å². The quantitative estimate of drug-likeness (QED) is 0.204. The van der Waals surface area contributed by atoms with E-state index in [-0.39, 0.29) is 5.91 Å². The maximum atomic E-state index is 12.2. The molecule has 0 bridgehead atoms. The highest BCUT2D eigenvalue weighted by molar-refractivity contribution is 14.1. The number of hydrogen-bond donors (Lipinski definition) is 1. The first kappa shape index (κ1) is 22.6. The van der Waals surface area contributed by atoms with Gasteiger partial charge in [-0.1, -0.05) is 35.9 Å². The molecule has 8 heteroatoms. The second kappa shape index (κ2) is 10.8. The smallest absolute Gasteiger partial charge is 0.272 e. The summed E-state index contributed by atoms with van der Waals surface area (Å²) in [6, 6.07) is 18.3. The number of benzene rings is 3. The summed E-state index contributed by atoms with van der Waals surface area (Å²) in [5.74, 6) is 0.917. The second-order valence-corrected chi connectivity index (χ2v) is 8.58. The Balaban J connectivity index is 1.70. The van der Waals surface area contributed by atoms with Gasteiger partial charge in [0.05, 0.1) is 22.5 Å². The number of nitrogens with one attached hydrogen (secondary N) is 1. The van der Waals surface area contributed by atoms with E-state index < -0.39 is 0 Å². The SMILES string of the molecule is COc1cc(/C=N/NC(=O)c2ccccc2Br)cc(I)c1OCc1ccc(Cl)cc1. The van der Waals surface area contributed by atoms with Crippen LogP contribution in [0.4, 0.5) is 0 Å². The fraction of sp³-hybridized carbons (Fsp3) is 0.0909. The summed E-state index contributed by atoms with van der Waals surface area (Å²) in [6.45, 7) is 0.388. The maximum Gasteiger partial charge on any atom is 0.272 e. The Bertz CT molecular complexity index is 1070. The van der Waals surface area contributed by atoms with Crippen LogP contribution in [0.3, 0.4) is 0 Å². The zero-order valence-electron chi connectivity index (χ0n) is 15.9. The molecule has 0 aromatic heterocycles. The molecule has 1 amide bonds. The number of hydrogen-bond acceptors (Lipinski definition) is 4. The molecule has 0 unspecified atom stereocenters. The molecule has 3 rings (SSSR count). The largest absolute Gasteiger partial charge is 0.493 e. The summed E-state index contributed by atoms with van der Waals surface area (Å²) in [4.78, 5) is 12.2. The molecule has 0 heterocycles. The molecule has 30 heavy (non-hydrogen) atoms. The molecule has 0 aliphatic heterocycles. The summed E-state index contributed by atoms with van der Waals surface area (Å²) in [5, 5.41) is 4.73. The van der Waals surface area contributed by atoms with Gasteiger partial charge in [-0.25, -0.2) is 5.43 Å². The van der Waals surface area contributed by atoms with E-state index in [1.165, 1.54) is 0 Å². The van der Waals surface area contributed by atoms with Gasteiger partial charge >= 0.3 is 0 Å². The Hall–Kier alpha value is -2.10. The molecule has 3 aromatic carbocycles. The number of halogens is 3. The molecule has 0 spiro atoms. The van der Waals surface area contributed by atoms with Crippen molar-refractivity contribution >= 4 is 62.2 Å². The van der Waals surface area contributed by atoms with Crippen molar-refractivity contribution in [1.82, 2.24) is 5.43 Å². The third-order valence-corrected chi connectivity index (χ3v) is 5.79. The summed E-state index contributed by atoms with van der Waals surface area (Å²) in [6.07, 6.45) is 1.56. The van der Waals surface area contributed by atoms with Crippen LogP contribution in [0.2, 0.25) is 5.02 Å². The fourth-order valence-electron chi connectivity index (χ4n) is 2.56. The van der Waals surface area contributed by atoms with Gasteiger partial charge in [-0.3, -0.25) is 4.79 Å². The van der Waals surface area contributed by atoms with Gasteiger partial charge < -0.3 is 9.47 Å². The van der Waals surface area contributed by atoms with E-state index in [9.17, 15) is 4.79 Å². The highest BCUT2D eigenvalue weighted by Crippen LogP contribution is 2.34. The van der Waals surface area contributed by atoms with Crippen LogP contribution in [0.25, 0.3) is 0 Å². The lowest BCUT2D eigenvalue weighted by Gasteiger charge is -2.13. The third-order valence-electron chi connectivity index (χ3n) is 4.05. The summed E-state index contributed by atoms with van der Waals surface area (Å²) >= 11 is 11.5. The van der Waals surface area contributed by atoms with Crippen molar-refractivity contribution in [2.75, 3.05) is 7.11 Å². The molecule has 0 atom stereocenters. The first-order valence-corrected chi connectivity index (χ1v) is 11.1. The number of nitrogens with zero attached hydrogens (tertiary/aromatic N) is 1. The molecule has 0 aliphatic carbocycles. The van der Waals surface area contributed by atoms with E-state index >= 15 is 0 Å². The molecule has 1 N–H and O–H groups in total. The lowest BCUT2D eigenvalue weighted by Crippen LogP contribution is -2.18. The lowest BCUT2D eigenvalue weighted by atomic mass is 10.2. The number of rotatable bonds is 7. The second-order valence-electron chi connectivity index (χ2n) is 6.13. The molecule has 0 fully saturated rings. The predicted molar refractivity (Wildman–Crippen MR) is 131 cm³/mol. The van der Waals surface area contributed by atoms with E-state index in [0.29, 0.717) is 33.2 Å². The Labute approximate surface area is 201 Å². The molecule has 0 saturated heterocycles. The number of carbonyl (C=O) groups is 1. The Morgan fingerprint density at radius 3 is 2.63 bits per heavy atom. The average Bonchev–Trinajstić information content (AvgIpc) is 2.74. The van der Waals surface area contributed by atoms with Gasteiger partial charge in [-0.2, -0.15) is 5.10 Å². The summed E-state index contributed by atoms with van der Waals surface area (Å²) in [5.41, 5.74) is 4.80. The zero-order chi connectivity index (χ0) is 21.5. The lowest BCUT2D eigenvalue weighted by molar-refractivity contribution is 0.0954. The highest BCUT2D eigenvalue weighted by atomic mass is 127. The van der Waals surface area contributed by atoms with E-state index in [1.807, 2.05) is 36.4 Å². The van der Waals surface area contributed by atoms with E-state index in [0.717, 1.165) is 14.7 Å². The molecule has 5 nitrogen and oxygen atoms in total. The van der Waals surface area contributed by atoms with Crippen molar-refractivity contribution in [3.05, 3.63) is 90.4 Å². The van der Waals surface area contributed by atoms with Crippen LogP contribution in [-0.2, 0) is 6.61 Å². The molecule has 3 aromatic rings. The summed E-state index contributed by atoms with van der Waals surface area (Å²) < 4.78 is 13.0. The van der Waals surface area contributed by atoms with Crippen LogP contribution in [0, 0.1) is 3.57 Å². The van der Waals surface area contributed by atoms with E-state index in [2.05, 4.69) is 49.0 Å². The van der Waals surface area contributed by atoms with Crippen molar-refractivity contribution in [2.24, 2.45) is 5.10 Å². The Morgan fingerprint density at radius 1 is 1.20 bits per heavy atom. The fourth-order valence-corrected chi connectivity index (χ4v) is 3.93. The minimum Gasteiger partial charge on any atom is -0.493 e. The summed E-state index contributed by atoms with van der Waals surface area (Å²) in [7, 11) is 1.58. The van der Waals surface area contributed by atoms with Crippen LogP contribution in [-0.4, -0.2) is 19.2 Å². The van der Waals surface area contributed by atoms with Crippen LogP contribution >= 0.6 is 50.1 Å².